The fourth-order valence-electron chi connectivity index (χ4n) is 1.70. The van der Waals surface area contributed by atoms with E-state index < -0.39 is 0 Å². The first-order valence-corrected chi connectivity index (χ1v) is 6.17. The number of esters is 1. The van der Waals surface area contributed by atoms with E-state index in [4.69, 9.17) is 9.84 Å². The number of ether oxygens (including phenoxy) is 1. The maximum atomic E-state index is 11.1. The second-order valence-corrected chi connectivity index (χ2v) is 4.03. The van der Waals surface area contributed by atoms with Gasteiger partial charge in [-0.05, 0) is 31.4 Å². The normalized spacial score (nSPS) is 10.5. The van der Waals surface area contributed by atoms with Crippen LogP contribution in [-0.4, -0.2) is 22.2 Å². The van der Waals surface area contributed by atoms with Gasteiger partial charge in [0.2, 0.25) is 0 Å². The topological polar surface area (TPSA) is 51.5 Å². The van der Waals surface area contributed by atoms with Crippen LogP contribution in [0.3, 0.4) is 0 Å². The summed E-state index contributed by atoms with van der Waals surface area (Å²) in [6.45, 7) is 3.31. The quantitative estimate of drug-likeness (QED) is 0.558. The van der Waals surface area contributed by atoms with Crippen molar-refractivity contribution in [2.45, 2.75) is 45.8 Å². The number of hydrogen-bond acceptors (Lipinski definition) is 3. The summed E-state index contributed by atoms with van der Waals surface area (Å²) >= 11 is 0. The third kappa shape index (κ3) is 5.54. The number of hydrogen-bond donors (Lipinski definition) is 1. The van der Waals surface area contributed by atoms with E-state index in [1.165, 1.54) is 0 Å². The molecule has 0 spiro atoms. The first kappa shape index (κ1) is 13.8. The summed E-state index contributed by atoms with van der Waals surface area (Å²) < 4.78 is 6.92. The van der Waals surface area contributed by atoms with Crippen molar-refractivity contribution in [3.8, 4) is 0 Å². The van der Waals surface area contributed by atoms with Gasteiger partial charge in [-0.15, -0.1) is 0 Å². The predicted molar refractivity (Wildman–Crippen MR) is 65.5 cm³/mol. The molecular formula is C13H21NO3. The summed E-state index contributed by atoms with van der Waals surface area (Å²) in [7, 11) is 0. The fourth-order valence-corrected chi connectivity index (χ4v) is 1.70. The average molecular weight is 239 g/mol. The summed E-state index contributed by atoms with van der Waals surface area (Å²) in [5, 5.41) is 8.91. The van der Waals surface area contributed by atoms with E-state index in [9.17, 15) is 4.79 Å². The minimum absolute atomic E-state index is 0.0931. The first-order chi connectivity index (χ1) is 8.26. The Balaban J connectivity index is 2.06. The molecule has 1 N–H and O–H groups in total. The third-order valence-corrected chi connectivity index (χ3v) is 2.60. The summed E-state index contributed by atoms with van der Waals surface area (Å²) in [5.41, 5.74) is 0.941. The van der Waals surface area contributed by atoms with Crippen LogP contribution in [-0.2, 0) is 22.7 Å². The minimum Gasteiger partial charge on any atom is -0.466 e. The van der Waals surface area contributed by atoms with E-state index in [1.54, 1.807) is 0 Å². The van der Waals surface area contributed by atoms with Crippen LogP contribution in [0.2, 0.25) is 0 Å². The number of nitrogens with zero attached hydrogens (tertiary/aromatic N) is 1. The summed E-state index contributed by atoms with van der Waals surface area (Å²) in [6.07, 6.45) is 7.38. The zero-order chi connectivity index (χ0) is 12.5. The molecule has 1 aromatic heterocycles. The van der Waals surface area contributed by atoms with E-state index >= 15 is 0 Å². The molecule has 0 radical (unpaired) electrons. The summed E-state index contributed by atoms with van der Waals surface area (Å²) in [5.74, 6) is -0.101. The Morgan fingerprint density at radius 3 is 2.88 bits per heavy atom. The molecule has 0 saturated heterocycles. The van der Waals surface area contributed by atoms with Crippen molar-refractivity contribution in [1.29, 1.82) is 0 Å². The van der Waals surface area contributed by atoms with Gasteiger partial charge in [0.1, 0.15) is 0 Å². The molecule has 0 bridgehead atoms. The maximum Gasteiger partial charge on any atom is 0.305 e. The Bertz CT molecular complexity index is 333. The van der Waals surface area contributed by atoms with Crippen LogP contribution in [0.15, 0.2) is 18.5 Å². The van der Waals surface area contributed by atoms with E-state index in [0.717, 1.165) is 31.4 Å². The lowest BCUT2D eigenvalue weighted by Gasteiger charge is -2.03. The van der Waals surface area contributed by atoms with Crippen molar-refractivity contribution in [2.75, 3.05) is 6.61 Å². The second kappa shape index (κ2) is 7.90. The van der Waals surface area contributed by atoms with E-state index in [-0.39, 0.29) is 12.6 Å². The zero-order valence-electron chi connectivity index (χ0n) is 10.4. The van der Waals surface area contributed by atoms with Gasteiger partial charge in [0, 0.05) is 25.4 Å². The molecule has 96 valence electrons. The second-order valence-electron chi connectivity index (χ2n) is 4.03. The Labute approximate surface area is 102 Å². The molecule has 0 aliphatic rings. The zero-order valence-corrected chi connectivity index (χ0v) is 10.4. The van der Waals surface area contributed by atoms with Gasteiger partial charge in [-0.25, -0.2) is 0 Å². The standard InChI is InChI=1S/C13H21NO3/c1-2-17-13(16)6-4-3-5-8-14-9-7-12(10-14)11-15/h7,9-10,15H,2-6,8,11H2,1H3. The average Bonchev–Trinajstić information content (AvgIpc) is 2.77. The highest BCUT2D eigenvalue weighted by molar-refractivity contribution is 5.69. The number of aliphatic hydroxyl groups excluding tert-OH is 1. The van der Waals surface area contributed by atoms with Crippen LogP contribution in [0, 0.1) is 0 Å². The van der Waals surface area contributed by atoms with Crippen molar-refractivity contribution < 1.29 is 14.6 Å². The van der Waals surface area contributed by atoms with E-state index in [0.29, 0.717) is 13.0 Å². The number of rotatable bonds is 8. The molecular weight excluding hydrogens is 218 g/mol. The van der Waals surface area contributed by atoms with Crippen molar-refractivity contribution in [2.24, 2.45) is 0 Å². The lowest BCUT2D eigenvalue weighted by Crippen LogP contribution is -2.03. The maximum absolute atomic E-state index is 11.1. The molecule has 0 saturated carbocycles. The highest BCUT2D eigenvalue weighted by Gasteiger charge is 2.01. The minimum atomic E-state index is -0.101. The van der Waals surface area contributed by atoms with Gasteiger partial charge in [0.15, 0.2) is 0 Å². The molecule has 0 amide bonds. The summed E-state index contributed by atoms with van der Waals surface area (Å²) in [4.78, 5) is 11.1. The highest BCUT2D eigenvalue weighted by Crippen LogP contribution is 2.06. The Kier molecular flexibility index (Phi) is 6.40. The molecule has 0 aliphatic heterocycles. The molecule has 1 aromatic rings. The molecule has 0 aromatic carbocycles. The van der Waals surface area contributed by atoms with E-state index in [1.807, 2.05) is 25.4 Å². The molecule has 0 fully saturated rings. The summed E-state index contributed by atoms with van der Waals surface area (Å²) in [6, 6.07) is 1.92. The highest BCUT2D eigenvalue weighted by atomic mass is 16.5. The molecule has 1 heterocycles. The first-order valence-electron chi connectivity index (χ1n) is 6.17. The van der Waals surface area contributed by atoms with Crippen LogP contribution >= 0.6 is 0 Å². The monoisotopic (exact) mass is 239 g/mol. The number of aliphatic hydroxyl groups is 1. The lowest BCUT2D eigenvalue weighted by atomic mass is 10.2. The Morgan fingerprint density at radius 2 is 2.24 bits per heavy atom. The number of aryl methyl sites for hydroxylation is 1. The van der Waals surface area contributed by atoms with Gasteiger partial charge in [-0.1, -0.05) is 6.42 Å². The number of carbonyl (C=O) groups excluding carboxylic acids is 1. The number of carbonyl (C=O) groups is 1. The number of aromatic nitrogens is 1. The van der Waals surface area contributed by atoms with Crippen molar-refractivity contribution >= 4 is 5.97 Å². The number of unbranched alkanes of at least 4 members (excludes halogenated alkanes) is 2. The fraction of sp³-hybridized carbons (Fsp3) is 0.615. The van der Waals surface area contributed by atoms with Gasteiger partial charge in [0.25, 0.3) is 0 Å². The van der Waals surface area contributed by atoms with Crippen molar-refractivity contribution in [3.63, 3.8) is 0 Å². The van der Waals surface area contributed by atoms with Gasteiger partial charge in [0.05, 0.1) is 13.2 Å². The Morgan fingerprint density at radius 1 is 1.41 bits per heavy atom. The van der Waals surface area contributed by atoms with Crippen LogP contribution < -0.4 is 0 Å². The third-order valence-electron chi connectivity index (χ3n) is 2.60. The van der Waals surface area contributed by atoms with Crippen molar-refractivity contribution in [3.05, 3.63) is 24.0 Å². The SMILES string of the molecule is CCOC(=O)CCCCCn1ccc(CO)c1. The van der Waals surface area contributed by atoms with E-state index in [2.05, 4.69) is 4.57 Å². The van der Waals surface area contributed by atoms with Crippen LogP contribution in [0.4, 0.5) is 0 Å². The molecule has 0 unspecified atom stereocenters. The predicted octanol–water partition coefficient (Wildman–Crippen LogP) is 2.10. The largest absolute Gasteiger partial charge is 0.466 e. The van der Waals surface area contributed by atoms with Crippen LogP contribution in [0.25, 0.3) is 0 Å². The Hall–Kier alpha value is -1.29. The van der Waals surface area contributed by atoms with Gasteiger partial charge in [-0.2, -0.15) is 0 Å². The molecule has 17 heavy (non-hydrogen) atoms. The molecule has 4 heteroatoms. The van der Waals surface area contributed by atoms with Crippen LogP contribution in [0.1, 0.15) is 38.2 Å². The van der Waals surface area contributed by atoms with Gasteiger partial charge >= 0.3 is 5.97 Å². The smallest absolute Gasteiger partial charge is 0.305 e. The van der Waals surface area contributed by atoms with Gasteiger partial charge in [-0.3, -0.25) is 4.79 Å². The molecule has 0 aliphatic carbocycles. The molecule has 0 atom stereocenters. The van der Waals surface area contributed by atoms with Crippen LogP contribution in [0.5, 0.6) is 0 Å². The van der Waals surface area contributed by atoms with Crippen molar-refractivity contribution in [1.82, 2.24) is 4.57 Å². The molecule has 4 nitrogen and oxygen atoms in total. The lowest BCUT2D eigenvalue weighted by molar-refractivity contribution is -0.143. The van der Waals surface area contributed by atoms with Gasteiger partial charge < -0.3 is 14.4 Å². The molecule has 1 rings (SSSR count).